The maximum absolute atomic E-state index is 6.89. The Morgan fingerprint density at radius 2 is 1.31 bits per heavy atom. The molecule has 0 amide bonds. The fraction of sp³-hybridized carbons (Fsp3) is 0.846. The van der Waals surface area contributed by atoms with Crippen LogP contribution < -0.4 is 0 Å². The molecule has 0 saturated heterocycles. The van der Waals surface area contributed by atoms with Gasteiger partial charge in [0.2, 0.25) is 0 Å². The van der Waals surface area contributed by atoms with Crippen molar-refractivity contribution in [2.24, 2.45) is 0 Å². The van der Waals surface area contributed by atoms with Crippen LogP contribution in [0.3, 0.4) is 0 Å². The number of hydrogen-bond donors (Lipinski definition) is 0. The van der Waals surface area contributed by atoms with E-state index in [9.17, 15) is 0 Å². The van der Waals surface area contributed by atoms with Crippen molar-refractivity contribution in [3.8, 4) is 0 Å². The van der Waals surface area contributed by atoms with Crippen LogP contribution in [-0.2, 0) is 4.43 Å². The summed E-state index contributed by atoms with van der Waals surface area (Å²) in [5, 5.41) is 0.264. The van der Waals surface area contributed by atoms with E-state index < -0.39 is 26.7 Å². The van der Waals surface area contributed by atoms with Crippen molar-refractivity contribution in [2.75, 3.05) is 0 Å². The van der Waals surface area contributed by atoms with Crippen LogP contribution >= 0.6 is 0 Å². The van der Waals surface area contributed by atoms with Gasteiger partial charge in [0, 0.05) is 0 Å². The Labute approximate surface area is 190 Å². The molecule has 0 aromatic rings. The molecule has 0 aromatic carbocycles. The molecule has 29 heavy (non-hydrogen) atoms. The van der Waals surface area contributed by atoms with Crippen molar-refractivity contribution in [3.05, 3.63) is 22.3 Å². The first-order chi connectivity index (χ1) is 13.6. The van der Waals surface area contributed by atoms with E-state index in [-0.39, 0.29) is 11.1 Å². The van der Waals surface area contributed by atoms with Gasteiger partial charge in [0.1, 0.15) is 0 Å². The van der Waals surface area contributed by atoms with Gasteiger partial charge in [-0.1, -0.05) is 0 Å². The van der Waals surface area contributed by atoms with Crippen LogP contribution in [0.5, 0.6) is 0 Å². The Kier molecular flexibility index (Phi) is 15.5. The average Bonchev–Trinajstić information content (AvgIpc) is 2.65. The second kappa shape index (κ2) is 15.3. The van der Waals surface area contributed by atoms with Gasteiger partial charge in [0.25, 0.3) is 0 Å². The molecular formula is C26H54OSiSn. The summed E-state index contributed by atoms with van der Waals surface area (Å²) in [4.78, 5) is 0. The van der Waals surface area contributed by atoms with Crippen LogP contribution in [0.4, 0.5) is 0 Å². The van der Waals surface area contributed by atoms with Crippen molar-refractivity contribution in [3.63, 3.8) is 0 Å². The van der Waals surface area contributed by atoms with E-state index in [1.807, 2.05) is 0 Å². The topological polar surface area (TPSA) is 9.23 Å². The van der Waals surface area contributed by atoms with Gasteiger partial charge < -0.3 is 0 Å². The minimum absolute atomic E-state index is 0.264. The Bertz CT molecular complexity index is 440. The Balaban J connectivity index is 5.69. The third-order valence-corrected chi connectivity index (χ3v) is 25.4. The summed E-state index contributed by atoms with van der Waals surface area (Å²) in [5.41, 5.74) is 0. The van der Waals surface area contributed by atoms with Crippen LogP contribution in [-0.4, -0.2) is 32.8 Å². The first kappa shape index (κ1) is 29.5. The van der Waals surface area contributed by atoms with Crippen molar-refractivity contribution >= 4 is 26.7 Å². The van der Waals surface area contributed by atoms with Gasteiger partial charge in [-0.25, -0.2) is 0 Å². The quantitative estimate of drug-likeness (QED) is 0.143. The van der Waals surface area contributed by atoms with Gasteiger partial charge in [0.05, 0.1) is 0 Å². The summed E-state index contributed by atoms with van der Waals surface area (Å²) in [6.45, 7) is 21.2. The molecule has 3 heteroatoms. The van der Waals surface area contributed by atoms with E-state index in [0.29, 0.717) is 0 Å². The summed E-state index contributed by atoms with van der Waals surface area (Å²) >= 11 is -2.24. The minimum atomic E-state index is -2.24. The third kappa shape index (κ3) is 12.2. The van der Waals surface area contributed by atoms with E-state index >= 15 is 0 Å². The van der Waals surface area contributed by atoms with Crippen molar-refractivity contribution < 1.29 is 4.43 Å². The standard InChI is InChI=1S/C14H27OSi.3C4H9.Sn/c1-8-10-11-12-13(9-2)15-16(6,7)14(3,4)5;3*1-3-4-2;/h2,9-11,13H,8,12H2,1,3-7H3;3*1,3-4H2,2H3;/b9-2?,11-10-;;;;. The number of allylic oxidation sites excluding steroid dienone is 1. The molecule has 0 aliphatic rings. The molecule has 0 radical (unpaired) electrons. The molecule has 0 N–H and O–H groups in total. The maximum atomic E-state index is 6.89. The molecule has 0 spiro atoms. The second-order valence-electron chi connectivity index (χ2n) is 10.6. The zero-order valence-corrected chi connectivity index (χ0v) is 25.4. The summed E-state index contributed by atoms with van der Waals surface area (Å²) < 4.78 is 14.3. The zero-order valence-electron chi connectivity index (χ0n) is 21.6. The first-order valence-electron chi connectivity index (χ1n) is 12.6. The van der Waals surface area contributed by atoms with Crippen molar-refractivity contribution in [1.82, 2.24) is 0 Å². The Morgan fingerprint density at radius 1 is 0.828 bits per heavy atom. The van der Waals surface area contributed by atoms with Gasteiger partial charge in [0.15, 0.2) is 0 Å². The molecule has 1 nitrogen and oxygen atoms in total. The first-order valence-corrected chi connectivity index (χ1v) is 23.2. The summed E-state index contributed by atoms with van der Waals surface area (Å²) in [6, 6.07) is 0. The van der Waals surface area contributed by atoms with Gasteiger partial charge >= 0.3 is 191 Å². The molecular weight excluding hydrogens is 475 g/mol. The van der Waals surface area contributed by atoms with E-state index in [1.54, 1.807) is 13.3 Å². The predicted octanol–water partition coefficient (Wildman–Crippen LogP) is 9.68. The Hall–Kier alpha value is 0.456. The molecule has 0 aliphatic heterocycles. The van der Waals surface area contributed by atoms with Gasteiger partial charge in [-0.2, -0.15) is 0 Å². The molecule has 172 valence electrons. The molecule has 0 rings (SSSR count). The zero-order chi connectivity index (χ0) is 22.4. The van der Waals surface area contributed by atoms with E-state index in [4.69, 9.17) is 4.43 Å². The molecule has 0 heterocycles. The van der Waals surface area contributed by atoms with Crippen LogP contribution in [0.1, 0.15) is 99.8 Å². The number of rotatable bonds is 16. The van der Waals surface area contributed by atoms with E-state index in [2.05, 4.69) is 83.9 Å². The van der Waals surface area contributed by atoms with Crippen molar-refractivity contribution in [1.29, 1.82) is 0 Å². The normalized spacial score (nSPS) is 14.9. The fourth-order valence-electron chi connectivity index (χ4n) is 3.64. The Morgan fingerprint density at radius 3 is 1.69 bits per heavy atom. The summed E-state index contributed by atoms with van der Waals surface area (Å²) in [5.74, 6) is 0. The van der Waals surface area contributed by atoms with Gasteiger partial charge in [-0.3, -0.25) is 0 Å². The van der Waals surface area contributed by atoms with Crippen LogP contribution in [0.2, 0.25) is 31.4 Å². The third-order valence-electron chi connectivity index (χ3n) is 6.77. The average molecular weight is 530 g/mol. The summed E-state index contributed by atoms with van der Waals surface area (Å²) in [7, 11) is -1.76. The molecule has 0 aliphatic carbocycles. The molecule has 1 unspecified atom stereocenters. The van der Waals surface area contributed by atoms with Crippen LogP contribution in [0.25, 0.3) is 0 Å². The van der Waals surface area contributed by atoms with E-state index in [1.165, 1.54) is 38.5 Å². The molecule has 0 saturated carbocycles. The van der Waals surface area contributed by atoms with Crippen LogP contribution in [0, 0.1) is 0 Å². The second-order valence-corrected chi connectivity index (χ2v) is 28.3. The summed E-state index contributed by atoms with van der Waals surface area (Å²) in [6.07, 6.45) is 17.9. The molecule has 0 aromatic heterocycles. The number of hydrogen-bond acceptors (Lipinski definition) is 1. The van der Waals surface area contributed by atoms with Gasteiger partial charge in [-0.15, -0.1) is 0 Å². The van der Waals surface area contributed by atoms with Crippen molar-refractivity contribution in [2.45, 2.75) is 137 Å². The predicted molar refractivity (Wildman–Crippen MR) is 140 cm³/mol. The molecule has 1 atom stereocenters. The fourth-order valence-corrected chi connectivity index (χ4v) is 19.3. The molecule has 0 bridgehead atoms. The van der Waals surface area contributed by atoms with Crippen LogP contribution in [0.15, 0.2) is 22.3 Å². The monoisotopic (exact) mass is 530 g/mol. The number of unbranched alkanes of at least 4 members (excludes halogenated alkanes) is 3. The van der Waals surface area contributed by atoms with E-state index in [0.717, 1.165) is 12.8 Å². The SMILES string of the molecule is CC/C=C\CC(/C=[CH]/[Sn]([CH2]CCC)([CH2]CCC)[CH2]CCC)O[Si](C)(C)C(C)(C)C. The van der Waals surface area contributed by atoms with Gasteiger partial charge in [-0.05, 0) is 0 Å². The molecule has 0 fully saturated rings.